The summed E-state index contributed by atoms with van der Waals surface area (Å²) >= 11 is 0. The van der Waals surface area contributed by atoms with E-state index in [1.807, 2.05) is 23.9 Å². The van der Waals surface area contributed by atoms with E-state index in [-0.39, 0.29) is 5.56 Å². The molecule has 0 aliphatic heterocycles. The molecule has 2 aromatic heterocycles. The van der Waals surface area contributed by atoms with Crippen LogP contribution in [0.15, 0.2) is 48.7 Å². The topological polar surface area (TPSA) is 94.0 Å². The highest BCUT2D eigenvalue weighted by atomic mass is 32.2. The lowest BCUT2D eigenvalue weighted by Crippen LogP contribution is -2.29. The lowest BCUT2D eigenvalue weighted by molar-refractivity contribution is 0.0982. The van der Waals surface area contributed by atoms with Crippen LogP contribution in [0.3, 0.4) is 0 Å². The van der Waals surface area contributed by atoms with E-state index in [0.717, 1.165) is 52.5 Å². The van der Waals surface area contributed by atoms with Crippen molar-refractivity contribution in [3.63, 3.8) is 0 Å². The zero-order valence-electron chi connectivity index (χ0n) is 18.7. The molecule has 2 aromatic carbocycles. The average molecular weight is 463 g/mol. The Morgan fingerprint density at radius 3 is 2.58 bits per heavy atom. The summed E-state index contributed by atoms with van der Waals surface area (Å²) in [5.74, 6) is 0.218. The molecule has 33 heavy (non-hydrogen) atoms. The van der Waals surface area contributed by atoms with Crippen molar-refractivity contribution >= 4 is 37.7 Å². The minimum atomic E-state index is -3.64. The van der Waals surface area contributed by atoms with Crippen molar-refractivity contribution in [2.24, 2.45) is 0 Å². The maximum atomic E-state index is 12.4. The molecule has 0 unspecified atom stereocenters. The van der Waals surface area contributed by atoms with Crippen LogP contribution in [0.25, 0.3) is 33.2 Å². The van der Waals surface area contributed by atoms with Crippen molar-refractivity contribution in [2.45, 2.75) is 45.1 Å². The highest BCUT2D eigenvalue weighted by Crippen LogP contribution is 2.36. The van der Waals surface area contributed by atoms with Crippen LogP contribution in [0.5, 0.6) is 0 Å². The first-order valence-corrected chi connectivity index (χ1v) is 13.1. The number of aryl methyl sites for hydroxylation is 1. The van der Waals surface area contributed by atoms with Crippen LogP contribution < -0.4 is 4.72 Å². The Hall–Kier alpha value is -3.26. The molecule has 1 N–H and O–H groups in total. The Kier molecular flexibility index (Phi) is 5.40. The Labute approximate surface area is 192 Å². The molecule has 0 bridgehead atoms. The van der Waals surface area contributed by atoms with Crippen molar-refractivity contribution in [3.05, 3.63) is 59.9 Å². The normalized spacial score (nSPS) is 15.2. The Bertz CT molecular complexity index is 1480. The zero-order chi connectivity index (χ0) is 23.2. The fourth-order valence-corrected chi connectivity index (χ4v) is 5.22. The summed E-state index contributed by atoms with van der Waals surface area (Å²) in [4.78, 5) is 21.7. The van der Waals surface area contributed by atoms with Crippen molar-refractivity contribution in [1.29, 1.82) is 0 Å². The lowest BCUT2D eigenvalue weighted by atomic mass is 9.94. The maximum absolute atomic E-state index is 12.4. The molecule has 2 heterocycles. The van der Waals surface area contributed by atoms with Gasteiger partial charge in [0, 0.05) is 34.4 Å². The molecule has 1 aliphatic carbocycles. The number of pyridine rings is 1. The Balaban J connectivity index is 1.67. The third kappa shape index (κ3) is 4.35. The van der Waals surface area contributed by atoms with E-state index in [2.05, 4.69) is 33.8 Å². The quantitative estimate of drug-likeness (QED) is 0.472. The van der Waals surface area contributed by atoms with Gasteiger partial charge in [0.05, 0.1) is 17.3 Å². The minimum absolute atomic E-state index is 0.271. The van der Waals surface area contributed by atoms with Crippen molar-refractivity contribution in [1.82, 2.24) is 19.3 Å². The summed E-state index contributed by atoms with van der Waals surface area (Å²) in [5.41, 5.74) is 3.88. The van der Waals surface area contributed by atoms with Gasteiger partial charge in [0.2, 0.25) is 10.0 Å². The zero-order valence-corrected chi connectivity index (χ0v) is 19.5. The highest BCUT2D eigenvalue weighted by molar-refractivity contribution is 7.89. The average Bonchev–Trinajstić information content (AvgIpc) is 3.17. The highest BCUT2D eigenvalue weighted by Gasteiger charge is 2.23. The van der Waals surface area contributed by atoms with Gasteiger partial charge in [-0.25, -0.2) is 18.1 Å². The van der Waals surface area contributed by atoms with Crippen molar-refractivity contribution < 1.29 is 13.2 Å². The van der Waals surface area contributed by atoms with E-state index >= 15 is 0 Å². The number of sulfonamides is 1. The molecule has 8 heteroatoms. The van der Waals surface area contributed by atoms with Gasteiger partial charge in [-0.3, -0.25) is 9.78 Å². The van der Waals surface area contributed by atoms with Gasteiger partial charge in [0.15, 0.2) is 0 Å². The molecule has 1 saturated carbocycles. The first kappa shape index (κ1) is 21.6. The van der Waals surface area contributed by atoms with Crippen LogP contribution in [0.2, 0.25) is 0 Å². The van der Waals surface area contributed by atoms with Gasteiger partial charge >= 0.3 is 0 Å². The van der Waals surface area contributed by atoms with Crippen LogP contribution in [0, 0.1) is 6.92 Å². The molecule has 170 valence electrons. The van der Waals surface area contributed by atoms with Crippen molar-refractivity contribution in [3.8, 4) is 11.4 Å². The standard InChI is InChI=1S/C25H26N4O3S/c1-16-12-20-13-17(8-9-19(20)15-26-16)24-27-22-14-18(25(30)28-33(2,31)32)10-11-23(22)29(24)21-6-4-3-5-7-21/h8-15,21H,3-7H2,1-2H3,(H,28,30). The number of imidazole rings is 1. The number of carbonyl (C=O) groups is 1. The van der Waals surface area contributed by atoms with E-state index in [1.54, 1.807) is 12.1 Å². The second-order valence-corrected chi connectivity index (χ2v) is 10.6. The number of nitrogens with one attached hydrogen (secondary N) is 1. The van der Waals surface area contributed by atoms with Gasteiger partial charge in [-0.2, -0.15) is 0 Å². The summed E-state index contributed by atoms with van der Waals surface area (Å²) < 4.78 is 27.3. The predicted molar refractivity (Wildman–Crippen MR) is 130 cm³/mol. The smallest absolute Gasteiger partial charge is 0.264 e. The maximum Gasteiger partial charge on any atom is 0.264 e. The molecular weight excluding hydrogens is 436 g/mol. The number of nitrogens with zero attached hydrogens (tertiary/aromatic N) is 3. The van der Waals surface area contributed by atoms with Crippen LogP contribution in [-0.4, -0.2) is 35.1 Å². The number of carbonyl (C=O) groups excluding carboxylic acids is 1. The SMILES string of the molecule is Cc1cc2cc(-c3nc4cc(C(=O)NS(C)(=O)=O)ccc4n3C3CCCCC3)ccc2cn1. The Morgan fingerprint density at radius 2 is 1.82 bits per heavy atom. The minimum Gasteiger partial charge on any atom is -0.321 e. The summed E-state index contributed by atoms with van der Waals surface area (Å²) in [6.45, 7) is 1.98. The lowest BCUT2D eigenvalue weighted by Gasteiger charge is -2.25. The first-order valence-electron chi connectivity index (χ1n) is 11.2. The third-order valence-corrected chi connectivity index (χ3v) is 6.84. The number of rotatable bonds is 4. The number of benzene rings is 2. The summed E-state index contributed by atoms with van der Waals surface area (Å²) in [6.07, 6.45) is 8.64. The summed E-state index contributed by atoms with van der Waals surface area (Å²) in [5, 5.41) is 2.18. The Morgan fingerprint density at radius 1 is 1.03 bits per heavy atom. The molecule has 0 radical (unpaired) electrons. The molecular formula is C25H26N4O3S. The number of hydrogen-bond acceptors (Lipinski definition) is 5. The van der Waals surface area contributed by atoms with Gasteiger partial charge in [0.1, 0.15) is 5.82 Å². The molecule has 0 atom stereocenters. The van der Waals surface area contributed by atoms with E-state index in [9.17, 15) is 13.2 Å². The number of aromatic nitrogens is 3. The molecule has 1 amide bonds. The largest absolute Gasteiger partial charge is 0.321 e. The number of amides is 1. The van der Waals surface area contributed by atoms with Crippen LogP contribution in [0.4, 0.5) is 0 Å². The van der Waals surface area contributed by atoms with E-state index in [0.29, 0.717) is 11.6 Å². The summed E-state index contributed by atoms with van der Waals surface area (Å²) in [7, 11) is -3.64. The second kappa shape index (κ2) is 8.26. The first-order chi connectivity index (χ1) is 15.8. The van der Waals surface area contributed by atoms with Crippen molar-refractivity contribution in [2.75, 3.05) is 6.26 Å². The van der Waals surface area contributed by atoms with Gasteiger partial charge in [0.25, 0.3) is 5.91 Å². The van der Waals surface area contributed by atoms with Gasteiger partial charge in [-0.1, -0.05) is 31.4 Å². The van der Waals surface area contributed by atoms with Gasteiger partial charge in [-0.05, 0) is 55.5 Å². The predicted octanol–water partition coefficient (Wildman–Crippen LogP) is 4.75. The molecule has 4 aromatic rings. The van der Waals surface area contributed by atoms with Gasteiger partial charge in [-0.15, -0.1) is 0 Å². The van der Waals surface area contributed by atoms with Crippen LogP contribution in [0.1, 0.15) is 54.2 Å². The van der Waals surface area contributed by atoms with E-state index in [1.165, 1.54) is 19.3 Å². The van der Waals surface area contributed by atoms with Crippen LogP contribution in [-0.2, 0) is 10.0 Å². The molecule has 7 nitrogen and oxygen atoms in total. The molecule has 1 fully saturated rings. The van der Waals surface area contributed by atoms with Gasteiger partial charge < -0.3 is 4.57 Å². The van der Waals surface area contributed by atoms with E-state index in [4.69, 9.17) is 4.98 Å². The van der Waals surface area contributed by atoms with Crippen LogP contribution >= 0.6 is 0 Å². The molecule has 0 spiro atoms. The second-order valence-electron chi connectivity index (χ2n) is 8.89. The van der Waals surface area contributed by atoms with E-state index < -0.39 is 15.9 Å². The number of fused-ring (bicyclic) bond motifs is 2. The molecule has 1 aliphatic rings. The summed E-state index contributed by atoms with van der Waals surface area (Å²) in [6, 6.07) is 13.9. The fourth-order valence-electron chi connectivity index (χ4n) is 4.77. The number of hydrogen-bond donors (Lipinski definition) is 1. The monoisotopic (exact) mass is 462 g/mol. The molecule has 0 saturated heterocycles. The fraction of sp³-hybridized carbons (Fsp3) is 0.320. The third-order valence-electron chi connectivity index (χ3n) is 6.29. The molecule has 5 rings (SSSR count).